The molecule has 2 unspecified atom stereocenters. The van der Waals surface area contributed by atoms with E-state index in [4.69, 9.17) is 5.73 Å². The number of nitrogens with two attached hydrogens (primary N) is 1. The minimum Gasteiger partial charge on any atom is -0.327 e. The van der Waals surface area contributed by atoms with Crippen LogP contribution in [0.1, 0.15) is 51.9 Å². The Kier molecular flexibility index (Phi) is 5.28. The Labute approximate surface area is 119 Å². The van der Waals surface area contributed by atoms with Gasteiger partial charge in [-0.15, -0.1) is 11.8 Å². The van der Waals surface area contributed by atoms with Crippen LogP contribution in [0.4, 0.5) is 0 Å². The van der Waals surface area contributed by atoms with Crippen molar-refractivity contribution in [1.82, 2.24) is 4.90 Å². The second kappa shape index (κ2) is 6.75. The molecule has 1 aliphatic heterocycles. The van der Waals surface area contributed by atoms with Crippen molar-refractivity contribution in [3.63, 3.8) is 0 Å². The van der Waals surface area contributed by atoms with Gasteiger partial charge in [0.15, 0.2) is 0 Å². The van der Waals surface area contributed by atoms with Gasteiger partial charge in [-0.05, 0) is 19.8 Å². The van der Waals surface area contributed by atoms with E-state index in [2.05, 4.69) is 0 Å². The molecule has 4 nitrogen and oxygen atoms in total. The molecule has 0 aromatic rings. The fraction of sp³-hybridized carbons (Fsp3) is 0.857. The molecule has 2 fully saturated rings. The SMILES string of the molecule is CC(N)CSC1CC(=O)N(C2CCCCCC2)C1=O. The molecule has 19 heavy (non-hydrogen) atoms. The monoisotopic (exact) mass is 284 g/mol. The van der Waals surface area contributed by atoms with Gasteiger partial charge in [0.1, 0.15) is 0 Å². The summed E-state index contributed by atoms with van der Waals surface area (Å²) in [6, 6.07) is 0.225. The highest BCUT2D eigenvalue weighted by Gasteiger charge is 2.42. The first-order chi connectivity index (χ1) is 9.09. The van der Waals surface area contributed by atoms with E-state index in [0.717, 1.165) is 31.4 Å². The molecule has 0 radical (unpaired) electrons. The average Bonchev–Trinajstić information content (AvgIpc) is 2.58. The Morgan fingerprint density at radius 1 is 1.26 bits per heavy atom. The number of amides is 2. The molecule has 1 heterocycles. The van der Waals surface area contributed by atoms with Crippen molar-refractivity contribution >= 4 is 23.6 Å². The molecular weight excluding hydrogens is 260 g/mol. The fourth-order valence-corrected chi connectivity index (χ4v) is 3.97. The number of likely N-dealkylation sites (tertiary alicyclic amines) is 1. The summed E-state index contributed by atoms with van der Waals surface area (Å²) in [6.07, 6.45) is 7.08. The molecule has 2 N–H and O–H groups in total. The van der Waals surface area contributed by atoms with Crippen molar-refractivity contribution in [3.05, 3.63) is 0 Å². The van der Waals surface area contributed by atoms with E-state index >= 15 is 0 Å². The highest BCUT2D eigenvalue weighted by atomic mass is 32.2. The fourth-order valence-electron chi connectivity index (χ4n) is 2.92. The minimum atomic E-state index is -0.193. The standard InChI is InChI=1S/C14H24N2O2S/c1-10(15)9-19-12-8-13(17)16(14(12)18)11-6-4-2-3-5-7-11/h10-12H,2-9,15H2,1H3. The third-order valence-corrected chi connectivity index (χ3v) is 5.38. The molecule has 1 saturated heterocycles. The van der Waals surface area contributed by atoms with Crippen LogP contribution >= 0.6 is 11.8 Å². The summed E-state index contributed by atoms with van der Waals surface area (Å²) in [6.45, 7) is 1.93. The first kappa shape index (κ1) is 14.9. The van der Waals surface area contributed by atoms with Crippen LogP contribution in [0.15, 0.2) is 0 Å². The molecule has 1 aliphatic carbocycles. The van der Waals surface area contributed by atoms with Crippen molar-refractivity contribution in [3.8, 4) is 0 Å². The van der Waals surface area contributed by atoms with Gasteiger partial charge in [-0.25, -0.2) is 0 Å². The zero-order chi connectivity index (χ0) is 13.8. The van der Waals surface area contributed by atoms with E-state index in [1.165, 1.54) is 24.6 Å². The number of carbonyl (C=O) groups is 2. The Hall–Kier alpha value is -0.550. The Morgan fingerprint density at radius 2 is 1.89 bits per heavy atom. The minimum absolute atomic E-state index is 0.0269. The van der Waals surface area contributed by atoms with E-state index in [-0.39, 0.29) is 29.1 Å². The highest BCUT2D eigenvalue weighted by molar-refractivity contribution is 8.00. The third kappa shape index (κ3) is 3.72. The van der Waals surface area contributed by atoms with Crippen LogP contribution < -0.4 is 5.73 Å². The quantitative estimate of drug-likeness (QED) is 0.633. The number of nitrogens with zero attached hydrogens (tertiary/aromatic N) is 1. The van der Waals surface area contributed by atoms with Crippen molar-refractivity contribution in [2.75, 3.05) is 5.75 Å². The van der Waals surface area contributed by atoms with Crippen LogP contribution in [0, 0.1) is 0 Å². The summed E-state index contributed by atoms with van der Waals surface area (Å²) in [5.41, 5.74) is 5.72. The van der Waals surface area contributed by atoms with Gasteiger partial charge in [-0.1, -0.05) is 25.7 Å². The van der Waals surface area contributed by atoms with Gasteiger partial charge < -0.3 is 5.73 Å². The van der Waals surface area contributed by atoms with Gasteiger partial charge in [0.2, 0.25) is 11.8 Å². The van der Waals surface area contributed by atoms with E-state index < -0.39 is 0 Å². The lowest BCUT2D eigenvalue weighted by atomic mass is 10.1. The predicted molar refractivity (Wildman–Crippen MR) is 77.9 cm³/mol. The van der Waals surface area contributed by atoms with Crippen molar-refractivity contribution in [1.29, 1.82) is 0 Å². The normalized spacial score (nSPS) is 27.7. The van der Waals surface area contributed by atoms with Gasteiger partial charge in [-0.2, -0.15) is 0 Å². The second-order valence-corrected chi connectivity index (χ2v) is 6.99. The van der Waals surface area contributed by atoms with Gasteiger partial charge >= 0.3 is 0 Å². The van der Waals surface area contributed by atoms with E-state index in [0.29, 0.717) is 6.42 Å². The maximum absolute atomic E-state index is 12.4. The highest BCUT2D eigenvalue weighted by Crippen LogP contribution is 2.31. The third-order valence-electron chi connectivity index (χ3n) is 3.89. The number of rotatable bonds is 4. The maximum atomic E-state index is 12.4. The van der Waals surface area contributed by atoms with Crippen LogP contribution in [0.2, 0.25) is 0 Å². The Balaban J connectivity index is 1.97. The Morgan fingerprint density at radius 3 is 2.47 bits per heavy atom. The molecule has 1 saturated carbocycles. The maximum Gasteiger partial charge on any atom is 0.243 e. The smallest absolute Gasteiger partial charge is 0.243 e. The molecule has 108 valence electrons. The molecule has 2 aliphatic rings. The van der Waals surface area contributed by atoms with Crippen molar-refractivity contribution in [2.24, 2.45) is 5.73 Å². The number of imide groups is 1. The van der Waals surface area contributed by atoms with Crippen LogP contribution in [0.3, 0.4) is 0 Å². The first-order valence-corrected chi connectivity index (χ1v) is 8.37. The van der Waals surface area contributed by atoms with Gasteiger partial charge in [0, 0.05) is 24.3 Å². The van der Waals surface area contributed by atoms with Gasteiger partial charge in [0.05, 0.1) is 5.25 Å². The lowest BCUT2D eigenvalue weighted by Gasteiger charge is -2.25. The van der Waals surface area contributed by atoms with Crippen LogP contribution in [-0.2, 0) is 9.59 Å². The van der Waals surface area contributed by atoms with Crippen LogP contribution in [0.25, 0.3) is 0 Å². The molecular formula is C14H24N2O2S. The summed E-state index contributed by atoms with van der Waals surface area (Å²) >= 11 is 1.54. The molecule has 5 heteroatoms. The second-order valence-electron chi connectivity index (χ2n) is 5.75. The zero-order valence-corrected chi connectivity index (χ0v) is 12.5. The predicted octanol–water partition coefficient (Wildman–Crippen LogP) is 1.92. The molecule has 0 aromatic heterocycles. The number of hydrogen-bond donors (Lipinski definition) is 1. The summed E-state index contributed by atoms with van der Waals surface area (Å²) in [7, 11) is 0. The molecule has 0 aromatic carbocycles. The zero-order valence-electron chi connectivity index (χ0n) is 11.6. The van der Waals surface area contributed by atoms with Crippen LogP contribution in [-0.4, -0.2) is 39.8 Å². The average molecular weight is 284 g/mol. The number of carbonyl (C=O) groups excluding carboxylic acids is 2. The lowest BCUT2D eigenvalue weighted by Crippen LogP contribution is -2.40. The molecule has 2 amide bonds. The molecule has 2 atom stereocenters. The van der Waals surface area contributed by atoms with E-state index in [1.807, 2.05) is 6.92 Å². The molecule has 2 rings (SSSR count). The van der Waals surface area contributed by atoms with Crippen molar-refractivity contribution < 1.29 is 9.59 Å². The van der Waals surface area contributed by atoms with Crippen LogP contribution in [0.5, 0.6) is 0 Å². The van der Waals surface area contributed by atoms with E-state index in [1.54, 1.807) is 4.90 Å². The summed E-state index contributed by atoms with van der Waals surface area (Å²) in [5, 5.41) is -0.193. The Bertz CT molecular complexity index is 338. The molecule has 0 spiro atoms. The topological polar surface area (TPSA) is 63.4 Å². The summed E-state index contributed by atoms with van der Waals surface area (Å²) < 4.78 is 0. The lowest BCUT2D eigenvalue weighted by molar-refractivity contribution is -0.141. The van der Waals surface area contributed by atoms with E-state index in [9.17, 15) is 9.59 Å². The van der Waals surface area contributed by atoms with Gasteiger partial charge in [0.25, 0.3) is 0 Å². The molecule has 0 bridgehead atoms. The largest absolute Gasteiger partial charge is 0.327 e. The number of thioether (sulfide) groups is 1. The summed E-state index contributed by atoms with van der Waals surface area (Å²) in [5.74, 6) is 0.795. The number of hydrogen-bond acceptors (Lipinski definition) is 4. The summed E-state index contributed by atoms with van der Waals surface area (Å²) in [4.78, 5) is 26.1. The van der Waals surface area contributed by atoms with Crippen molar-refractivity contribution in [2.45, 2.75) is 69.2 Å². The van der Waals surface area contributed by atoms with Gasteiger partial charge in [-0.3, -0.25) is 14.5 Å². The first-order valence-electron chi connectivity index (χ1n) is 7.32.